The number of hydrogen-bond acceptors (Lipinski definition) is 7. The largest absolute Gasteiger partial charge is 0.268 e. The quantitative estimate of drug-likeness (QED) is 0.369. The first-order valence-electron chi connectivity index (χ1n) is 10.4. The van der Waals surface area contributed by atoms with Crippen molar-refractivity contribution in [1.29, 1.82) is 0 Å². The van der Waals surface area contributed by atoms with Gasteiger partial charge in [0.15, 0.2) is 11.0 Å². The predicted molar refractivity (Wildman–Crippen MR) is 123 cm³/mol. The number of nitrogens with zero attached hydrogens (tertiary/aromatic N) is 8. The van der Waals surface area contributed by atoms with Gasteiger partial charge in [0.05, 0.1) is 22.3 Å². The van der Waals surface area contributed by atoms with Gasteiger partial charge in [-0.3, -0.25) is 9.20 Å². The van der Waals surface area contributed by atoms with E-state index in [1.165, 1.54) is 11.8 Å². The Bertz CT molecular complexity index is 1500. The lowest BCUT2D eigenvalue weighted by Gasteiger charge is -2.14. The van der Waals surface area contributed by atoms with Crippen LogP contribution in [0.5, 0.6) is 0 Å². The van der Waals surface area contributed by atoms with Crippen molar-refractivity contribution in [3.63, 3.8) is 0 Å². The number of para-hydroxylation sites is 1. The molecule has 0 aliphatic heterocycles. The molecule has 3 heterocycles. The Kier molecular flexibility index (Phi) is 5.22. The fourth-order valence-corrected chi connectivity index (χ4v) is 4.68. The number of rotatable bonds is 6. The third-order valence-corrected chi connectivity index (χ3v) is 6.51. The van der Waals surface area contributed by atoms with Crippen LogP contribution in [0.25, 0.3) is 22.4 Å². The highest BCUT2D eigenvalue weighted by Gasteiger charge is 2.19. The number of tetrazole rings is 1. The molecule has 32 heavy (non-hydrogen) atoms. The number of aromatic nitrogens is 8. The second kappa shape index (κ2) is 8.19. The van der Waals surface area contributed by atoms with E-state index in [4.69, 9.17) is 0 Å². The molecular formula is C22H22N8OS. The van der Waals surface area contributed by atoms with E-state index in [-0.39, 0.29) is 5.56 Å². The zero-order chi connectivity index (χ0) is 22.2. The summed E-state index contributed by atoms with van der Waals surface area (Å²) in [6.45, 7) is 6.90. The first-order chi connectivity index (χ1) is 15.6. The predicted octanol–water partition coefficient (Wildman–Crippen LogP) is 3.34. The zero-order valence-electron chi connectivity index (χ0n) is 18.1. The second-order valence-electron chi connectivity index (χ2n) is 7.60. The topological polar surface area (TPSA) is 95.8 Å². The third-order valence-electron chi connectivity index (χ3n) is 5.58. The summed E-state index contributed by atoms with van der Waals surface area (Å²) < 4.78 is 5.40. The maximum absolute atomic E-state index is 13.5. The van der Waals surface area contributed by atoms with Crippen molar-refractivity contribution in [3.05, 3.63) is 69.8 Å². The summed E-state index contributed by atoms with van der Waals surface area (Å²) in [5, 5.41) is 22.2. The molecule has 0 saturated heterocycles. The Labute approximate surface area is 188 Å². The van der Waals surface area contributed by atoms with Crippen molar-refractivity contribution in [2.75, 3.05) is 0 Å². The highest BCUT2D eigenvalue weighted by Crippen LogP contribution is 2.26. The van der Waals surface area contributed by atoms with Crippen LogP contribution in [-0.2, 0) is 12.3 Å². The molecule has 0 N–H and O–H groups in total. The van der Waals surface area contributed by atoms with Gasteiger partial charge in [-0.2, -0.15) is 0 Å². The summed E-state index contributed by atoms with van der Waals surface area (Å²) in [5.74, 6) is 1.81. The smallest absolute Gasteiger partial charge is 0.267 e. The minimum Gasteiger partial charge on any atom is -0.268 e. The monoisotopic (exact) mass is 446 g/mol. The third kappa shape index (κ3) is 3.27. The van der Waals surface area contributed by atoms with E-state index < -0.39 is 0 Å². The molecule has 0 radical (unpaired) electrons. The minimum absolute atomic E-state index is 0.113. The SMILES string of the molecule is CCCn1nnnc1CSc1nnc2n(-c3cccc(C)c3C)c(=O)c3ccccc3n12. The van der Waals surface area contributed by atoms with Gasteiger partial charge in [0.25, 0.3) is 5.56 Å². The van der Waals surface area contributed by atoms with E-state index in [1.807, 2.05) is 60.7 Å². The summed E-state index contributed by atoms with van der Waals surface area (Å²) in [5.41, 5.74) is 3.61. The van der Waals surface area contributed by atoms with Crippen molar-refractivity contribution in [3.8, 4) is 5.69 Å². The summed E-state index contributed by atoms with van der Waals surface area (Å²) in [6.07, 6.45) is 0.948. The van der Waals surface area contributed by atoms with Crippen LogP contribution in [0.3, 0.4) is 0 Å². The molecule has 0 atom stereocenters. The first-order valence-corrected chi connectivity index (χ1v) is 11.4. The minimum atomic E-state index is -0.113. The van der Waals surface area contributed by atoms with Crippen LogP contribution in [0.15, 0.2) is 52.4 Å². The summed E-state index contributed by atoms with van der Waals surface area (Å²) >= 11 is 1.50. The molecule has 5 aromatic rings. The van der Waals surface area contributed by atoms with Gasteiger partial charge in [0.1, 0.15) is 0 Å². The van der Waals surface area contributed by atoms with Gasteiger partial charge in [-0.1, -0.05) is 43.0 Å². The Morgan fingerprint density at radius 3 is 2.69 bits per heavy atom. The second-order valence-corrected chi connectivity index (χ2v) is 8.54. The van der Waals surface area contributed by atoms with Crippen LogP contribution in [-0.4, -0.2) is 39.4 Å². The van der Waals surface area contributed by atoms with Crippen LogP contribution in [0.2, 0.25) is 0 Å². The van der Waals surface area contributed by atoms with Crippen molar-refractivity contribution >= 4 is 28.4 Å². The Morgan fingerprint density at radius 1 is 1.00 bits per heavy atom. The lowest BCUT2D eigenvalue weighted by Crippen LogP contribution is -2.22. The van der Waals surface area contributed by atoms with Crippen LogP contribution < -0.4 is 5.56 Å². The molecule has 0 fully saturated rings. The van der Waals surface area contributed by atoms with Crippen molar-refractivity contribution in [2.24, 2.45) is 0 Å². The number of thioether (sulfide) groups is 1. The van der Waals surface area contributed by atoms with E-state index >= 15 is 0 Å². The summed E-state index contributed by atoms with van der Waals surface area (Å²) in [4.78, 5) is 13.5. The Morgan fingerprint density at radius 2 is 1.84 bits per heavy atom. The van der Waals surface area contributed by atoms with Crippen molar-refractivity contribution < 1.29 is 0 Å². The van der Waals surface area contributed by atoms with Gasteiger partial charge in [-0.05, 0) is 60.0 Å². The molecule has 0 unspecified atom stereocenters. The van der Waals surface area contributed by atoms with Gasteiger partial charge in [-0.15, -0.1) is 15.3 Å². The molecule has 0 bridgehead atoms. The van der Waals surface area contributed by atoms with Crippen LogP contribution in [0.4, 0.5) is 0 Å². The average Bonchev–Trinajstić information content (AvgIpc) is 3.42. The Hall–Kier alpha value is -3.53. The maximum Gasteiger partial charge on any atom is 0.267 e. The van der Waals surface area contributed by atoms with Crippen molar-refractivity contribution in [2.45, 2.75) is 44.6 Å². The molecule has 0 amide bonds. The maximum atomic E-state index is 13.5. The highest BCUT2D eigenvalue weighted by molar-refractivity contribution is 7.98. The molecule has 0 aliphatic rings. The van der Waals surface area contributed by atoms with E-state index in [2.05, 4.69) is 32.6 Å². The number of benzene rings is 2. The fourth-order valence-electron chi connectivity index (χ4n) is 3.81. The van der Waals surface area contributed by atoms with E-state index in [1.54, 1.807) is 9.25 Å². The van der Waals surface area contributed by atoms with Gasteiger partial charge >= 0.3 is 0 Å². The Balaban J connectivity index is 1.70. The van der Waals surface area contributed by atoms with Crippen molar-refractivity contribution in [1.82, 2.24) is 39.4 Å². The molecule has 0 spiro atoms. The lowest BCUT2D eigenvalue weighted by atomic mass is 10.1. The molecule has 10 heteroatoms. The molecule has 0 aliphatic carbocycles. The molecule has 3 aromatic heterocycles. The average molecular weight is 447 g/mol. The standard InChI is InChI=1S/C22H22N8OS/c1-4-12-28-19(23-26-27-28)13-32-22-25-24-21-29(17-11-7-8-14(2)15(17)3)20(31)16-9-5-6-10-18(16)30(21)22/h5-11H,4,12-13H2,1-3H3. The molecule has 162 valence electrons. The first kappa shape index (κ1) is 20.4. The fraction of sp³-hybridized carbons (Fsp3) is 0.273. The van der Waals surface area contributed by atoms with Crippen LogP contribution in [0.1, 0.15) is 30.3 Å². The number of fused-ring (bicyclic) bond motifs is 3. The van der Waals surface area contributed by atoms with Gasteiger partial charge < -0.3 is 0 Å². The number of hydrogen-bond donors (Lipinski definition) is 0. The van der Waals surface area contributed by atoms with Gasteiger partial charge in [0.2, 0.25) is 5.78 Å². The molecule has 5 rings (SSSR count). The number of aryl methyl sites for hydroxylation is 2. The van der Waals surface area contributed by atoms with Crippen LogP contribution >= 0.6 is 11.8 Å². The van der Waals surface area contributed by atoms with E-state index in [9.17, 15) is 4.79 Å². The summed E-state index contributed by atoms with van der Waals surface area (Å²) in [7, 11) is 0. The zero-order valence-corrected chi connectivity index (χ0v) is 18.9. The van der Waals surface area contributed by atoms with Gasteiger partial charge in [-0.25, -0.2) is 9.25 Å². The lowest BCUT2D eigenvalue weighted by molar-refractivity contribution is 0.564. The van der Waals surface area contributed by atoms with E-state index in [0.29, 0.717) is 22.1 Å². The molecule has 2 aromatic carbocycles. The summed E-state index contributed by atoms with van der Waals surface area (Å²) in [6, 6.07) is 13.5. The van der Waals surface area contributed by atoms with Crippen LogP contribution in [0, 0.1) is 13.8 Å². The normalized spacial score (nSPS) is 11.6. The van der Waals surface area contributed by atoms with E-state index in [0.717, 1.165) is 41.1 Å². The molecule has 0 saturated carbocycles. The molecular weight excluding hydrogens is 424 g/mol. The molecule has 9 nitrogen and oxygen atoms in total. The highest BCUT2D eigenvalue weighted by atomic mass is 32.2. The van der Waals surface area contributed by atoms with Gasteiger partial charge in [0, 0.05) is 6.54 Å².